The van der Waals surface area contributed by atoms with Gasteiger partial charge < -0.3 is 4.74 Å². The van der Waals surface area contributed by atoms with Crippen molar-refractivity contribution in [2.75, 3.05) is 7.11 Å². The van der Waals surface area contributed by atoms with E-state index in [1.54, 1.807) is 37.5 Å². The number of benzene rings is 1. The van der Waals surface area contributed by atoms with Gasteiger partial charge in [-0.1, -0.05) is 39.8 Å². The van der Waals surface area contributed by atoms with E-state index < -0.39 is 8.07 Å². The summed E-state index contributed by atoms with van der Waals surface area (Å²) < 4.78 is 5.07. The molecule has 21 heavy (non-hydrogen) atoms. The van der Waals surface area contributed by atoms with Crippen LogP contribution in [-0.4, -0.2) is 21.0 Å². The minimum absolute atomic E-state index is 0.0396. The number of hydrogen-bond acceptors (Lipinski definition) is 2. The number of carbonyl (C=O) groups excluding carboxylic acids is 1. The van der Waals surface area contributed by atoms with Crippen LogP contribution in [0.1, 0.15) is 31.1 Å². The van der Waals surface area contributed by atoms with Crippen LogP contribution < -0.4 is 4.74 Å². The summed E-state index contributed by atoms with van der Waals surface area (Å²) in [7, 11) is -0.00443. The van der Waals surface area contributed by atoms with E-state index in [0.29, 0.717) is 5.56 Å². The highest BCUT2D eigenvalue weighted by Crippen LogP contribution is 2.35. The lowest BCUT2D eigenvalue weighted by molar-refractivity contribution is 0.104. The highest BCUT2D eigenvalue weighted by atomic mass is 28.3. The number of carbonyl (C=O) groups is 1. The molecule has 0 heterocycles. The SMILES string of the molecule is COc1ccc(C(=O)/C=C\C#C[Si](C)(C)C(C)(C)C)cc1. The van der Waals surface area contributed by atoms with E-state index in [-0.39, 0.29) is 10.8 Å². The Morgan fingerprint density at radius 2 is 1.76 bits per heavy atom. The molecule has 0 aromatic heterocycles. The molecule has 0 fully saturated rings. The first kappa shape index (κ1) is 17.3. The molecule has 0 atom stereocenters. The van der Waals surface area contributed by atoms with Gasteiger partial charge in [-0.05, 0) is 41.5 Å². The molecule has 0 saturated carbocycles. The average molecular weight is 300 g/mol. The first-order valence-electron chi connectivity index (χ1n) is 7.05. The molecule has 112 valence electrons. The van der Waals surface area contributed by atoms with Gasteiger partial charge in [-0.25, -0.2) is 0 Å². The molecule has 0 N–H and O–H groups in total. The molecule has 0 radical (unpaired) electrons. The minimum Gasteiger partial charge on any atom is -0.497 e. The number of rotatable bonds is 3. The quantitative estimate of drug-likeness (QED) is 0.356. The Morgan fingerprint density at radius 3 is 2.24 bits per heavy atom. The second-order valence-electron chi connectivity index (χ2n) is 6.57. The summed E-state index contributed by atoms with van der Waals surface area (Å²) in [6.45, 7) is 11.2. The smallest absolute Gasteiger partial charge is 0.186 e. The van der Waals surface area contributed by atoms with Crippen LogP contribution in [-0.2, 0) is 0 Å². The van der Waals surface area contributed by atoms with Crippen LogP contribution >= 0.6 is 0 Å². The zero-order valence-corrected chi connectivity index (χ0v) is 14.8. The average Bonchev–Trinajstić information content (AvgIpc) is 2.42. The highest BCUT2D eigenvalue weighted by Gasteiger charge is 2.33. The van der Waals surface area contributed by atoms with E-state index in [0.717, 1.165) is 5.75 Å². The molecule has 0 amide bonds. The number of hydrogen-bond donors (Lipinski definition) is 0. The fraction of sp³-hybridized carbons (Fsp3) is 0.389. The van der Waals surface area contributed by atoms with Gasteiger partial charge in [0, 0.05) is 5.56 Å². The van der Waals surface area contributed by atoms with E-state index in [1.165, 1.54) is 6.08 Å². The molecule has 0 aliphatic carbocycles. The van der Waals surface area contributed by atoms with Crippen molar-refractivity contribution in [3.8, 4) is 17.2 Å². The molecule has 0 saturated heterocycles. The van der Waals surface area contributed by atoms with Gasteiger partial charge in [-0.2, -0.15) is 0 Å². The summed E-state index contributed by atoms with van der Waals surface area (Å²) in [5.74, 6) is 3.75. The Hall–Kier alpha value is -1.79. The lowest BCUT2D eigenvalue weighted by Crippen LogP contribution is -2.35. The largest absolute Gasteiger partial charge is 0.497 e. The second-order valence-corrected chi connectivity index (χ2v) is 11.6. The first-order valence-corrected chi connectivity index (χ1v) is 10.0. The van der Waals surface area contributed by atoms with Crippen LogP contribution in [0.15, 0.2) is 36.4 Å². The van der Waals surface area contributed by atoms with E-state index in [9.17, 15) is 4.79 Å². The summed E-state index contributed by atoms with van der Waals surface area (Å²) in [6, 6.07) is 7.07. The summed E-state index contributed by atoms with van der Waals surface area (Å²) in [5.41, 5.74) is 3.99. The number of ether oxygens (including phenoxy) is 1. The normalized spacial score (nSPS) is 11.9. The molecule has 1 rings (SSSR count). The fourth-order valence-corrected chi connectivity index (χ4v) is 2.20. The first-order chi connectivity index (χ1) is 9.67. The second kappa shape index (κ2) is 6.78. The molecule has 0 spiro atoms. The van der Waals surface area contributed by atoms with Crippen LogP contribution in [0.5, 0.6) is 5.75 Å². The number of methoxy groups -OCH3 is 1. The monoisotopic (exact) mass is 300 g/mol. The van der Waals surface area contributed by atoms with Crippen LogP contribution in [0, 0.1) is 11.5 Å². The summed E-state index contributed by atoms with van der Waals surface area (Å²) in [5, 5.41) is 0.230. The fourth-order valence-electron chi connectivity index (χ4n) is 1.38. The van der Waals surface area contributed by atoms with Crippen molar-refractivity contribution in [2.24, 2.45) is 0 Å². The van der Waals surface area contributed by atoms with Crippen molar-refractivity contribution in [3.05, 3.63) is 42.0 Å². The maximum absolute atomic E-state index is 12.0. The molecule has 1 aromatic rings. The van der Waals surface area contributed by atoms with Gasteiger partial charge in [0.1, 0.15) is 13.8 Å². The van der Waals surface area contributed by atoms with Gasteiger partial charge >= 0.3 is 0 Å². The third-order valence-electron chi connectivity index (χ3n) is 3.95. The summed E-state index contributed by atoms with van der Waals surface area (Å²) in [4.78, 5) is 12.0. The van der Waals surface area contributed by atoms with Crippen molar-refractivity contribution >= 4 is 13.9 Å². The maximum atomic E-state index is 12.0. The zero-order valence-electron chi connectivity index (χ0n) is 13.8. The maximum Gasteiger partial charge on any atom is 0.186 e. The van der Waals surface area contributed by atoms with Crippen molar-refractivity contribution in [3.63, 3.8) is 0 Å². The summed E-state index contributed by atoms with van der Waals surface area (Å²) >= 11 is 0. The van der Waals surface area contributed by atoms with Crippen molar-refractivity contribution < 1.29 is 9.53 Å². The lowest BCUT2D eigenvalue weighted by atomic mass is 10.1. The molecule has 1 aromatic carbocycles. The molecular weight excluding hydrogens is 276 g/mol. The van der Waals surface area contributed by atoms with Crippen LogP contribution in [0.2, 0.25) is 18.1 Å². The van der Waals surface area contributed by atoms with E-state index in [1.807, 2.05) is 0 Å². The van der Waals surface area contributed by atoms with Gasteiger partial charge in [-0.3, -0.25) is 4.79 Å². The predicted octanol–water partition coefficient (Wildman–Crippen LogP) is 4.49. The Labute approximate surface area is 129 Å². The van der Waals surface area contributed by atoms with Crippen LogP contribution in [0.4, 0.5) is 0 Å². The number of allylic oxidation sites excluding steroid dienone is 2. The van der Waals surface area contributed by atoms with Gasteiger partial charge in [0.2, 0.25) is 0 Å². The van der Waals surface area contributed by atoms with Crippen LogP contribution in [0.25, 0.3) is 0 Å². The standard InChI is InChI=1S/C18H24O2Si/c1-18(2,3)21(5,6)14-8-7-9-17(19)15-10-12-16(20-4)13-11-15/h7,9-13H,1-6H3/b9-7-. The van der Waals surface area contributed by atoms with Crippen LogP contribution in [0.3, 0.4) is 0 Å². The predicted molar refractivity (Wildman–Crippen MR) is 91.4 cm³/mol. The molecule has 3 heteroatoms. The molecule has 0 aliphatic heterocycles. The molecule has 0 bridgehead atoms. The van der Waals surface area contributed by atoms with Gasteiger partial charge in [-0.15, -0.1) is 5.54 Å². The van der Waals surface area contributed by atoms with Gasteiger partial charge in [0.05, 0.1) is 7.11 Å². The van der Waals surface area contributed by atoms with Crippen molar-refractivity contribution in [2.45, 2.75) is 38.9 Å². The lowest BCUT2D eigenvalue weighted by Gasteiger charge is -2.31. The highest BCUT2D eigenvalue weighted by molar-refractivity contribution is 6.87. The van der Waals surface area contributed by atoms with E-state index in [2.05, 4.69) is 45.3 Å². The Morgan fingerprint density at radius 1 is 1.19 bits per heavy atom. The summed E-state index contributed by atoms with van der Waals surface area (Å²) in [6.07, 6.45) is 3.19. The third kappa shape index (κ3) is 4.91. The molecule has 0 aliphatic rings. The molecule has 0 unspecified atom stereocenters. The molecule has 2 nitrogen and oxygen atoms in total. The van der Waals surface area contributed by atoms with E-state index in [4.69, 9.17) is 4.74 Å². The molecular formula is C18H24O2Si. The van der Waals surface area contributed by atoms with Crippen molar-refractivity contribution in [1.82, 2.24) is 0 Å². The van der Waals surface area contributed by atoms with Gasteiger partial charge in [0.25, 0.3) is 0 Å². The topological polar surface area (TPSA) is 26.3 Å². The minimum atomic E-state index is -1.61. The zero-order chi connectivity index (χ0) is 16.1. The Kier molecular flexibility index (Phi) is 5.57. The van der Waals surface area contributed by atoms with Gasteiger partial charge in [0.15, 0.2) is 5.78 Å². The third-order valence-corrected chi connectivity index (χ3v) is 8.47. The number of ketones is 1. The Balaban J connectivity index is 2.76. The Bertz CT molecular complexity index is 578. The van der Waals surface area contributed by atoms with E-state index >= 15 is 0 Å². The van der Waals surface area contributed by atoms with Crippen molar-refractivity contribution in [1.29, 1.82) is 0 Å².